The van der Waals surface area contributed by atoms with Crippen LogP contribution in [0.2, 0.25) is 0 Å². The molecule has 0 aliphatic heterocycles. The third-order valence-electron chi connectivity index (χ3n) is 2.67. The predicted octanol–water partition coefficient (Wildman–Crippen LogP) is 1.23. The lowest BCUT2D eigenvalue weighted by atomic mass is 10.1. The normalized spacial score (nSPS) is 12.8. The van der Waals surface area contributed by atoms with E-state index in [9.17, 15) is 0 Å². The highest BCUT2D eigenvalue weighted by atomic mass is 16.5. The van der Waals surface area contributed by atoms with Gasteiger partial charge in [-0.15, -0.1) is 0 Å². The van der Waals surface area contributed by atoms with E-state index in [4.69, 9.17) is 10.5 Å². The van der Waals surface area contributed by atoms with Crippen LogP contribution in [0.5, 0.6) is 0 Å². The number of methoxy groups -OCH3 is 1. The fraction of sp³-hybridized carbons (Fsp3) is 0.692. The molecule has 1 aromatic rings. The van der Waals surface area contributed by atoms with E-state index in [0.717, 1.165) is 24.5 Å². The molecule has 2 N–H and O–H groups in total. The Morgan fingerprint density at radius 3 is 2.33 bits per heavy atom. The van der Waals surface area contributed by atoms with E-state index in [1.165, 1.54) is 0 Å². The average Bonchev–Trinajstić information content (AvgIpc) is 2.30. The third-order valence-corrected chi connectivity index (χ3v) is 2.67. The first-order chi connectivity index (χ1) is 8.54. The van der Waals surface area contributed by atoms with Gasteiger partial charge in [-0.1, -0.05) is 0 Å². The molecule has 1 rings (SSSR count). The third kappa shape index (κ3) is 4.58. The van der Waals surface area contributed by atoms with Crippen LogP contribution in [-0.2, 0) is 11.2 Å². The lowest BCUT2D eigenvalue weighted by molar-refractivity contribution is 0.203. The molecular formula is C13H24N4O. The van der Waals surface area contributed by atoms with Gasteiger partial charge in [0.15, 0.2) is 0 Å². The molecule has 0 aliphatic carbocycles. The fourth-order valence-electron chi connectivity index (χ4n) is 1.75. The maximum atomic E-state index is 5.75. The molecule has 0 saturated heterocycles. The molecule has 18 heavy (non-hydrogen) atoms. The van der Waals surface area contributed by atoms with Gasteiger partial charge in [0, 0.05) is 38.1 Å². The summed E-state index contributed by atoms with van der Waals surface area (Å²) in [7, 11) is 1.70. The number of aromatic nitrogens is 2. The van der Waals surface area contributed by atoms with Gasteiger partial charge in [0.1, 0.15) is 0 Å². The van der Waals surface area contributed by atoms with Gasteiger partial charge in [0.05, 0.1) is 6.61 Å². The van der Waals surface area contributed by atoms with Crippen molar-refractivity contribution in [3.63, 3.8) is 0 Å². The van der Waals surface area contributed by atoms with Crippen LogP contribution in [0.25, 0.3) is 0 Å². The van der Waals surface area contributed by atoms with E-state index in [1.54, 1.807) is 7.11 Å². The zero-order chi connectivity index (χ0) is 13.5. The minimum Gasteiger partial charge on any atom is -0.383 e. The van der Waals surface area contributed by atoms with E-state index < -0.39 is 0 Å². The monoisotopic (exact) mass is 252 g/mol. The maximum Gasteiger partial charge on any atom is 0.225 e. The molecule has 0 fully saturated rings. The van der Waals surface area contributed by atoms with E-state index in [-0.39, 0.29) is 6.04 Å². The molecule has 1 aromatic heterocycles. The summed E-state index contributed by atoms with van der Waals surface area (Å²) in [6.07, 6.45) is 4.52. The van der Waals surface area contributed by atoms with Crippen molar-refractivity contribution in [1.29, 1.82) is 0 Å². The van der Waals surface area contributed by atoms with Crippen LogP contribution in [0, 0.1) is 0 Å². The molecular weight excluding hydrogens is 228 g/mol. The number of hydrogen-bond donors (Lipinski definition) is 1. The van der Waals surface area contributed by atoms with Crippen LogP contribution in [-0.4, -0.2) is 42.3 Å². The minimum atomic E-state index is 0.133. The Hall–Kier alpha value is -1.20. The average molecular weight is 252 g/mol. The Morgan fingerprint density at radius 1 is 1.28 bits per heavy atom. The quantitative estimate of drug-likeness (QED) is 0.790. The zero-order valence-electron chi connectivity index (χ0n) is 11.8. The predicted molar refractivity (Wildman–Crippen MR) is 73.7 cm³/mol. The van der Waals surface area contributed by atoms with Gasteiger partial charge in [0.25, 0.3) is 0 Å². The van der Waals surface area contributed by atoms with Crippen molar-refractivity contribution >= 4 is 5.95 Å². The van der Waals surface area contributed by atoms with Gasteiger partial charge in [-0.3, -0.25) is 0 Å². The zero-order valence-corrected chi connectivity index (χ0v) is 11.8. The van der Waals surface area contributed by atoms with Gasteiger partial charge < -0.3 is 15.4 Å². The highest BCUT2D eigenvalue weighted by Crippen LogP contribution is 2.11. The highest BCUT2D eigenvalue weighted by Gasteiger charge is 2.13. The van der Waals surface area contributed by atoms with Crippen molar-refractivity contribution in [2.45, 2.75) is 39.3 Å². The summed E-state index contributed by atoms with van der Waals surface area (Å²) in [4.78, 5) is 10.9. The molecule has 0 aromatic carbocycles. The first kappa shape index (κ1) is 14.9. The molecule has 0 amide bonds. The molecule has 102 valence electrons. The molecule has 5 heteroatoms. The van der Waals surface area contributed by atoms with Gasteiger partial charge in [-0.05, 0) is 32.8 Å². The van der Waals surface area contributed by atoms with Crippen molar-refractivity contribution < 1.29 is 4.74 Å². The molecule has 0 bridgehead atoms. The fourth-order valence-corrected chi connectivity index (χ4v) is 1.75. The topological polar surface area (TPSA) is 64.3 Å². The Labute approximate surface area is 109 Å². The van der Waals surface area contributed by atoms with E-state index in [2.05, 4.69) is 28.7 Å². The number of rotatable bonds is 7. The Kier molecular flexibility index (Phi) is 6.01. The second kappa shape index (κ2) is 7.28. The minimum absolute atomic E-state index is 0.133. The molecule has 1 heterocycles. The maximum absolute atomic E-state index is 5.75. The van der Waals surface area contributed by atoms with Gasteiger partial charge in [-0.2, -0.15) is 0 Å². The van der Waals surface area contributed by atoms with Crippen molar-refractivity contribution in [2.24, 2.45) is 5.73 Å². The molecule has 5 nitrogen and oxygen atoms in total. The number of hydrogen-bond acceptors (Lipinski definition) is 5. The van der Waals surface area contributed by atoms with Crippen molar-refractivity contribution in [1.82, 2.24) is 9.97 Å². The molecule has 0 saturated carbocycles. The van der Waals surface area contributed by atoms with E-state index >= 15 is 0 Å². The molecule has 0 aliphatic rings. The standard InChI is InChI=1S/C13H24N4O/c1-10(2)17(5-6-18-4)13-15-8-12(9-16-13)7-11(3)14/h8-11H,5-7,14H2,1-4H3. The smallest absolute Gasteiger partial charge is 0.225 e. The SMILES string of the molecule is COCCN(c1ncc(CC(C)N)cn1)C(C)C. The van der Waals surface area contributed by atoms with Crippen LogP contribution in [0.4, 0.5) is 5.95 Å². The Morgan fingerprint density at radius 2 is 1.89 bits per heavy atom. The van der Waals surface area contributed by atoms with Crippen LogP contribution in [0.1, 0.15) is 26.3 Å². The second-order valence-electron chi connectivity index (χ2n) is 4.85. The lowest BCUT2D eigenvalue weighted by Gasteiger charge is -2.26. The van der Waals surface area contributed by atoms with E-state index in [1.807, 2.05) is 19.3 Å². The van der Waals surface area contributed by atoms with Crippen LogP contribution >= 0.6 is 0 Å². The van der Waals surface area contributed by atoms with Gasteiger partial charge in [0.2, 0.25) is 5.95 Å². The second-order valence-corrected chi connectivity index (χ2v) is 4.85. The summed E-state index contributed by atoms with van der Waals surface area (Å²) in [6, 6.07) is 0.480. The largest absolute Gasteiger partial charge is 0.383 e. The van der Waals surface area contributed by atoms with Crippen molar-refractivity contribution in [3.8, 4) is 0 Å². The number of ether oxygens (including phenoxy) is 1. The summed E-state index contributed by atoms with van der Waals surface area (Å²) >= 11 is 0. The van der Waals surface area contributed by atoms with Crippen molar-refractivity contribution in [2.75, 3.05) is 25.2 Å². The molecule has 1 unspecified atom stereocenters. The highest BCUT2D eigenvalue weighted by molar-refractivity contribution is 5.31. The van der Waals surface area contributed by atoms with Crippen LogP contribution in [0.3, 0.4) is 0 Å². The number of nitrogens with zero attached hydrogens (tertiary/aromatic N) is 3. The summed E-state index contributed by atoms with van der Waals surface area (Å²) in [5.41, 5.74) is 6.83. The molecule has 1 atom stereocenters. The van der Waals surface area contributed by atoms with Crippen molar-refractivity contribution in [3.05, 3.63) is 18.0 Å². The summed E-state index contributed by atoms with van der Waals surface area (Å²) < 4.78 is 5.11. The van der Waals surface area contributed by atoms with Crippen LogP contribution < -0.4 is 10.6 Å². The first-order valence-corrected chi connectivity index (χ1v) is 6.36. The summed E-state index contributed by atoms with van der Waals surface area (Å²) in [6.45, 7) is 7.68. The van der Waals surface area contributed by atoms with Gasteiger partial charge in [-0.25, -0.2) is 9.97 Å². The summed E-state index contributed by atoms with van der Waals surface area (Å²) in [5.74, 6) is 0.746. The lowest BCUT2D eigenvalue weighted by Crippen LogP contribution is -2.35. The van der Waals surface area contributed by atoms with Gasteiger partial charge >= 0.3 is 0 Å². The number of nitrogens with two attached hydrogens (primary N) is 1. The Bertz CT molecular complexity index is 337. The summed E-state index contributed by atoms with van der Waals surface area (Å²) in [5, 5.41) is 0. The Balaban J connectivity index is 2.73. The number of anilines is 1. The van der Waals surface area contributed by atoms with Crippen LogP contribution in [0.15, 0.2) is 12.4 Å². The molecule has 0 spiro atoms. The van der Waals surface area contributed by atoms with E-state index in [0.29, 0.717) is 12.6 Å². The first-order valence-electron chi connectivity index (χ1n) is 6.36. The molecule has 0 radical (unpaired) electrons.